The van der Waals surface area contributed by atoms with Crippen LogP contribution in [0.2, 0.25) is 0 Å². The Morgan fingerprint density at radius 2 is 0.532 bits per heavy atom. The van der Waals surface area contributed by atoms with Crippen molar-refractivity contribution in [1.82, 2.24) is 0 Å². The highest BCUT2D eigenvalue weighted by molar-refractivity contribution is 5.71. The van der Waals surface area contributed by atoms with Gasteiger partial charge in [-0.15, -0.1) is 0 Å². The predicted molar refractivity (Wildman–Crippen MR) is 334 cm³/mol. The first-order valence-electron chi connectivity index (χ1n) is 33.1. The standard InChI is InChI=1S/C71H124O6/c1-4-7-10-13-16-19-22-25-27-29-31-32-33-34-35-36-37-38-40-41-43-46-49-52-55-58-61-64-70(73)76-67-68(66-75-69(72)63-60-57-54-51-48-45-24-21-18-15-12-9-6-3)77-71(74)65-62-59-56-53-50-47-44-42-39-30-28-26-23-20-17-14-11-8-5-2/h8,11,17,20,26,28-29,31,39,42,47,50,56,59,68H,4-7,9-10,12-16,18-19,21-25,27,30,32-38,40-41,43-46,48-49,51-55,57-58,60-67H2,1-3H3/b11-8-,20-17-,28-26-,31-29-,42-39-,50-47-,59-56-. The third kappa shape index (κ3) is 63.3. The molecule has 0 spiro atoms. The third-order valence-corrected chi connectivity index (χ3v) is 14.4. The van der Waals surface area contributed by atoms with E-state index in [0.717, 1.165) is 77.0 Å². The van der Waals surface area contributed by atoms with E-state index < -0.39 is 6.10 Å². The van der Waals surface area contributed by atoms with Crippen molar-refractivity contribution in [3.63, 3.8) is 0 Å². The first-order chi connectivity index (χ1) is 38.0. The van der Waals surface area contributed by atoms with Crippen molar-refractivity contribution in [1.29, 1.82) is 0 Å². The minimum absolute atomic E-state index is 0.103. The fourth-order valence-corrected chi connectivity index (χ4v) is 9.47. The van der Waals surface area contributed by atoms with Gasteiger partial charge in [0.2, 0.25) is 0 Å². The van der Waals surface area contributed by atoms with E-state index in [1.165, 1.54) is 205 Å². The lowest BCUT2D eigenvalue weighted by atomic mass is 10.0. The third-order valence-electron chi connectivity index (χ3n) is 14.4. The number of unbranched alkanes of at least 4 members (excludes halogenated alkanes) is 35. The second-order valence-electron chi connectivity index (χ2n) is 22.0. The largest absolute Gasteiger partial charge is 0.462 e. The van der Waals surface area contributed by atoms with E-state index in [4.69, 9.17) is 14.2 Å². The van der Waals surface area contributed by atoms with Crippen LogP contribution in [-0.4, -0.2) is 37.2 Å². The molecule has 0 amide bonds. The molecule has 0 aliphatic rings. The summed E-state index contributed by atoms with van der Waals surface area (Å²) in [4.78, 5) is 38.3. The van der Waals surface area contributed by atoms with Crippen LogP contribution in [-0.2, 0) is 28.6 Å². The average molecular weight is 1070 g/mol. The highest BCUT2D eigenvalue weighted by Gasteiger charge is 2.19. The molecule has 0 aliphatic heterocycles. The molecule has 0 aliphatic carbocycles. The van der Waals surface area contributed by atoms with Crippen LogP contribution in [0.25, 0.3) is 0 Å². The molecule has 0 aromatic heterocycles. The van der Waals surface area contributed by atoms with E-state index >= 15 is 0 Å². The maximum absolute atomic E-state index is 12.9. The molecule has 0 bridgehead atoms. The molecule has 77 heavy (non-hydrogen) atoms. The lowest BCUT2D eigenvalue weighted by Gasteiger charge is -2.18. The van der Waals surface area contributed by atoms with Gasteiger partial charge in [-0.2, -0.15) is 0 Å². The molecule has 0 radical (unpaired) electrons. The number of rotatable bonds is 60. The molecular weight excluding hydrogens is 949 g/mol. The van der Waals surface area contributed by atoms with Crippen LogP contribution in [0.5, 0.6) is 0 Å². The lowest BCUT2D eigenvalue weighted by Crippen LogP contribution is -2.30. The number of hydrogen-bond donors (Lipinski definition) is 0. The number of ether oxygens (including phenoxy) is 3. The van der Waals surface area contributed by atoms with Gasteiger partial charge in [-0.05, 0) is 83.5 Å². The van der Waals surface area contributed by atoms with Gasteiger partial charge in [0.1, 0.15) is 13.2 Å². The monoisotopic (exact) mass is 1070 g/mol. The molecule has 0 aromatic rings. The molecule has 0 fully saturated rings. The van der Waals surface area contributed by atoms with E-state index in [2.05, 4.69) is 99.8 Å². The van der Waals surface area contributed by atoms with Crippen molar-refractivity contribution in [2.75, 3.05) is 13.2 Å². The number of esters is 3. The highest BCUT2D eigenvalue weighted by atomic mass is 16.6. The lowest BCUT2D eigenvalue weighted by molar-refractivity contribution is -0.166. The molecule has 6 nitrogen and oxygen atoms in total. The zero-order valence-electron chi connectivity index (χ0n) is 51.0. The van der Waals surface area contributed by atoms with Gasteiger partial charge in [0, 0.05) is 19.3 Å². The van der Waals surface area contributed by atoms with Gasteiger partial charge in [-0.1, -0.05) is 311 Å². The Morgan fingerprint density at radius 1 is 0.273 bits per heavy atom. The summed E-state index contributed by atoms with van der Waals surface area (Å²) in [6.07, 6.45) is 86.2. The molecule has 444 valence electrons. The summed E-state index contributed by atoms with van der Waals surface area (Å²) in [6, 6.07) is 0. The second kappa shape index (κ2) is 65.1. The van der Waals surface area contributed by atoms with Crippen molar-refractivity contribution in [2.24, 2.45) is 0 Å². The van der Waals surface area contributed by atoms with Crippen molar-refractivity contribution in [3.05, 3.63) is 85.1 Å². The van der Waals surface area contributed by atoms with Crippen molar-refractivity contribution in [2.45, 2.75) is 335 Å². The van der Waals surface area contributed by atoms with Crippen LogP contribution in [0.4, 0.5) is 0 Å². The second-order valence-corrected chi connectivity index (χ2v) is 22.0. The van der Waals surface area contributed by atoms with E-state index in [1.54, 1.807) is 0 Å². The Bertz CT molecular complexity index is 1470. The van der Waals surface area contributed by atoms with Gasteiger partial charge in [0.15, 0.2) is 6.10 Å². The fourth-order valence-electron chi connectivity index (χ4n) is 9.47. The Hall–Kier alpha value is -3.41. The van der Waals surface area contributed by atoms with Crippen LogP contribution in [0.3, 0.4) is 0 Å². The molecule has 6 heteroatoms. The maximum atomic E-state index is 12.9. The minimum Gasteiger partial charge on any atom is -0.462 e. The number of carbonyl (C=O) groups is 3. The summed E-state index contributed by atoms with van der Waals surface area (Å²) >= 11 is 0. The number of carbonyl (C=O) groups excluding carboxylic acids is 3. The summed E-state index contributed by atoms with van der Waals surface area (Å²) in [6.45, 7) is 6.50. The fraction of sp³-hybridized carbons (Fsp3) is 0.761. The van der Waals surface area contributed by atoms with E-state index in [-0.39, 0.29) is 37.5 Å². The molecule has 0 heterocycles. The predicted octanol–water partition coefficient (Wildman–Crippen LogP) is 22.7. The van der Waals surface area contributed by atoms with E-state index in [1.807, 2.05) is 6.08 Å². The van der Waals surface area contributed by atoms with Crippen LogP contribution in [0.15, 0.2) is 85.1 Å². The van der Waals surface area contributed by atoms with Crippen molar-refractivity contribution >= 4 is 17.9 Å². The minimum atomic E-state index is -0.816. The molecule has 0 N–H and O–H groups in total. The van der Waals surface area contributed by atoms with E-state index in [0.29, 0.717) is 19.3 Å². The smallest absolute Gasteiger partial charge is 0.306 e. The molecule has 0 saturated heterocycles. The Morgan fingerprint density at radius 3 is 0.844 bits per heavy atom. The van der Waals surface area contributed by atoms with Gasteiger partial charge in [-0.3, -0.25) is 14.4 Å². The highest BCUT2D eigenvalue weighted by Crippen LogP contribution is 2.17. The summed E-state index contributed by atoms with van der Waals surface area (Å²) < 4.78 is 16.9. The summed E-state index contributed by atoms with van der Waals surface area (Å²) in [5.74, 6) is -0.974. The SMILES string of the molecule is CC/C=C\C/C=C\C/C=C\C/C=C\C/C=C\C/C=C\CCC(=O)OC(COC(=O)CCCCCCCCCCCCCCC)COC(=O)CCCCCCCCCCCCCCCCC/C=C\CCCCCCCCCC. The molecule has 0 saturated carbocycles. The van der Waals surface area contributed by atoms with Crippen LogP contribution in [0.1, 0.15) is 329 Å². The van der Waals surface area contributed by atoms with Crippen LogP contribution < -0.4 is 0 Å². The normalized spacial score (nSPS) is 12.6. The molecule has 0 aromatic carbocycles. The summed E-state index contributed by atoms with van der Waals surface area (Å²) in [5.41, 5.74) is 0. The zero-order valence-corrected chi connectivity index (χ0v) is 51.0. The van der Waals surface area contributed by atoms with Crippen LogP contribution in [0, 0.1) is 0 Å². The van der Waals surface area contributed by atoms with Gasteiger partial charge >= 0.3 is 17.9 Å². The van der Waals surface area contributed by atoms with Gasteiger partial charge < -0.3 is 14.2 Å². The summed E-state index contributed by atoms with van der Waals surface area (Å²) in [7, 11) is 0. The van der Waals surface area contributed by atoms with E-state index in [9.17, 15) is 14.4 Å². The zero-order chi connectivity index (χ0) is 55.7. The Balaban J connectivity index is 4.33. The first-order valence-corrected chi connectivity index (χ1v) is 33.1. The number of hydrogen-bond acceptors (Lipinski definition) is 6. The average Bonchev–Trinajstić information content (AvgIpc) is 3.43. The van der Waals surface area contributed by atoms with Gasteiger partial charge in [-0.25, -0.2) is 0 Å². The molecule has 1 atom stereocenters. The number of allylic oxidation sites excluding steroid dienone is 14. The molecule has 1 unspecified atom stereocenters. The molecular formula is C71H124O6. The topological polar surface area (TPSA) is 78.9 Å². The molecule has 0 rings (SSSR count). The summed E-state index contributed by atoms with van der Waals surface area (Å²) in [5, 5.41) is 0. The Labute approximate surface area is 477 Å². The van der Waals surface area contributed by atoms with Gasteiger partial charge in [0.25, 0.3) is 0 Å². The van der Waals surface area contributed by atoms with Gasteiger partial charge in [0.05, 0.1) is 0 Å². The Kier molecular flexibility index (Phi) is 62.2. The van der Waals surface area contributed by atoms with Crippen molar-refractivity contribution < 1.29 is 28.6 Å². The van der Waals surface area contributed by atoms with Crippen molar-refractivity contribution in [3.8, 4) is 0 Å². The first kappa shape index (κ1) is 73.6. The van der Waals surface area contributed by atoms with Crippen LogP contribution >= 0.6 is 0 Å². The quantitative estimate of drug-likeness (QED) is 0.0261. The maximum Gasteiger partial charge on any atom is 0.306 e.